The van der Waals surface area contributed by atoms with Crippen molar-refractivity contribution < 1.29 is 0 Å². The zero-order chi connectivity index (χ0) is 21.3. The number of nitrogens with one attached hydrogen (secondary N) is 1. The number of fused-ring (bicyclic) bond motifs is 1. The lowest BCUT2D eigenvalue weighted by Crippen LogP contribution is -2.26. The summed E-state index contributed by atoms with van der Waals surface area (Å²) in [5.74, 6) is 2.07. The second-order valence-electron chi connectivity index (χ2n) is 11.4. The van der Waals surface area contributed by atoms with Crippen molar-refractivity contribution in [1.82, 2.24) is 5.32 Å². The number of allylic oxidation sites excluding steroid dienone is 8. The molecule has 1 heteroatoms. The standard InChI is InChI=1S/C30H43N/c1-3-13-31-21-23-14-22(2)15-27(16-23)24-8-9-25-18-29(19-28(25)17-24)26-7-6-12-30(20-26)10-4-5-11-30/h14,16-19,26-28,31H,3-13,15,20-21H2,1-2H3. The fourth-order valence-electron chi connectivity index (χ4n) is 7.39. The van der Waals surface area contributed by atoms with Gasteiger partial charge in [-0.1, -0.05) is 73.3 Å². The van der Waals surface area contributed by atoms with Gasteiger partial charge in [-0.3, -0.25) is 0 Å². The van der Waals surface area contributed by atoms with Crippen LogP contribution in [0.3, 0.4) is 0 Å². The Kier molecular flexibility index (Phi) is 6.42. The number of rotatable bonds is 6. The van der Waals surface area contributed by atoms with Crippen LogP contribution < -0.4 is 5.32 Å². The lowest BCUT2D eigenvalue weighted by Gasteiger charge is -2.38. The fraction of sp³-hybridized carbons (Fsp3) is 0.667. The lowest BCUT2D eigenvalue weighted by molar-refractivity contribution is 0.162. The molecule has 5 aliphatic rings. The highest BCUT2D eigenvalue weighted by atomic mass is 14.8. The van der Waals surface area contributed by atoms with E-state index in [9.17, 15) is 0 Å². The van der Waals surface area contributed by atoms with Crippen LogP contribution in [0.2, 0.25) is 0 Å². The maximum absolute atomic E-state index is 3.60. The Morgan fingerprint density at radius 1 is 0.968 bits per heavy atom. The van der Waals surface area contributed by atoms with Gasteiger partial charge in [0.2, 0.25) is 0 Å². The molecule has 0 radical (unpaired) electrons. The molecule has 5 aliphatic carbocycles. The topological polar surface area (TPSA) is 12.0 Å². The molecule has 0 heterocycles. The maximum atomic E-state index is 3.60. The first-order valence-electron chi connectivity index (χ1n) is 13.4. The van der Waals surface area contributed by atoms with Gasteiger partial charge in [0.1, 0.15) is 0 Å². The summed E-state index contributed by atoms with van der Waals surface area (Å²) in [4.78, 5) is 0. The van der Waals surface area contributed by atoms with Crippen LogP contribution in [0.5, 0.6) is 0 Å². The fourth-order valence-corrected chi connectivity index (χ4v) is 7.39. The second-order valence-corrected chi connectivity index (χ2v) is 11.4. The first-order chi connectivity index (χ1) is 15.1. The Morgan fingerprint density at radius 3 is 2.61 bits per heavy atom. The van der Waals surface area contributed by atoms with Crippen molar-refractivity contribution in [3.63, 3.8) is 0 Å². The molecule has 2 fully saturated rings. The summed E-state index contributed by atoms with van der Waals surface area (Å²) in [5, 5.41) is 3.60. The molecular weight excluding hydrogens is 374 g/mol. The highest BCUT2D eigenvalue weighted by Gasteiger charge is 2.40. The Hall–Kier alpha value is -1.34. The summed E-state index contributed by atoms with van der Waals surface area (Å²) < 4.78 is 0. The quantitative estimate of drug-likeness (QED) is 0.343. The average Bonchev–Trinajstić information content (AvgIpc) is 3.40. The summed E-state index contributed by atoms with van der Waals surface area (Å²) in [6.45, 7) is 6.71. The first kappa shape index (κ1) is 21.5. The molecule has 1 N–H and O–H groups in total. The maximum Gasteiger partial charge on any atom is 0.0202 e. The SMILES string of the molecule is CCCNCC1=CC(C2=CC3C=C(C4CCCC5(CCCC5)C4)C=C3CC2)CC(C)=C1. The number of hydrogen-bond donors (Lipinski definition) is 1. The normalized spacial score (nSPS) is 32.2. The third-order valence-corrected chi connectivity index (χ3v) is 8.94. The molecule has 3 atom stereocenters. The Morgan fingerprint density at radius 2 is 1.77 bits per heavy atom. The molecule has 31 heavy (non-hydrogen) atoms. The van der Waals surface area contributed by atoms with Gasteiger partial charge >= 0.3 is 0 Å². The minimum Gasteiger partial charge on any atom is -0.313 e. The van der Waals surface area contributed by atoms with Crippen LogP contribution in [0.15, 0.2) is 58.2 Å². The third-order valence-electron chi connectivity index (χ3n) is 8.94. The van der Waals surface area contributed by atoms with Crippen LogP contribution >= 0.6 is 0 Å². The van der Waals surface area contributed by atoms with E-state index < -0.39 is 0 Å². The highest BCUT2D eigenvalue weighted by Crippen LogP contribution is 2.53. The van der Waals surface area contributed by atoms with Gasteiger partial charge in [0.25, 0.3) is 0 Å². The molecule has 1 nitrogen and oxygen atoms in total. The summed E-state index contributed by atoms with van der Waals surface area (Å²) in [7, 11) is 0. The zero-order valence-electron chi connectivity index (χ0n) is 20.0. The van der Waals surface area contributed by atoms with E-state index in [1.165, 1.54) is 82.6 Å². The highest BCUT2D eigenvalue weighted by molar-refractivity contribution is 5.45. The monoisotopic (exact) mass is 417 g/mol. The molecule has 0 aromatic carbocycles. The van der Waals surface area contributed by atoms with Crippen LogP contribution in [0.4, 0.5) is 0 Å². The molecular formula is C30H43N. The summed E-state index contributed by atoms with van der Waals surface area (Å²) in [5.41, 5.74) is 8.89. The molecule has 0 amide bonds. The van der Waals surface area contributed by atoms with Crippen molar-refractivity contribution >= 4 is 0 Å². The summed E-state index contributed by atoms with van der Waals surface area (Å²) >= 11 is 0. The van der Waals surface area contributed by atoms with E-state index in [0.717, 1.165) is 24.4 Å². The molecule has 1 spiro atoms. The van der Waals surface area contributed by atoms with Gasteiger partial charge in [-0.05, 0) is 93.7 Å². The van der Waals surface area contributed by atoms with E-state index in [2.05, 4.69) is 49.5 Å². The van der Waals surface area contributed by atoms with E-state index in [0.29, 0.717) is 11.8 Å². The predicted molar refractivity (Wildman–Crippen MR) is 133 cm³/mol. The van der Waals surface area contributed by atoms with Crippen molar-refractivity contribution in [2.75, 3.05) is 13.1 Å². The molecule has 0 aliphatic heterocycles. The molecule has 168 valence electrons. The van der Waals surface area contributed by atoms with Gasteiger partial charge in [-0.15, -0.1) is 0 Å². The largest absolute Gasteiger partial charge is 0.313 e. The molecule has 0 aromatic heterocycles. The molecule has 3 unspecified atom stereocenters. The van der Waals surface area contributed by atoms with Gasteiger partial charge in [0.05, 0.1) is 0 Å². The second kappa shape index (κ2) is 9.26. The lowest BCUT2D eigenvalue weighted by atomic mass is 9.67. The molecule has 0 bridgehead atoms. The van der Waals surface area contributed by atoms with E-state index in [4.69, 9.17) is 0 Å². The summed E-state index contributed by atoms with van der Waals surface area (Å²) in [6.07, 6.45) is 29.8. The van der Waals surface area contributed by atoms with Gasteiger partial charge in [0.15, 0.2) is 0 Å². The molecule has 2 saturated carbocycles. The van der Waals surface area contributed by atoms with Gasteiger partial charge in [-0.2, -0.15) is 0 Å². The van der Waals surface area contributed by atoms with Crippen LogP contribution in [0, 0.1) is 23.2 Å². The van der Waals surface area contributed by atoms with E-state index >= 15 is 0 Å². The van der Waals surface area contributed by atoms with Crippen molar-refractivity contribution in [1.29, 1.82) is 0 Å². The molecule has 0 aromatic rings. The Bertz CT molecular complexity index is 826. The smallest absolute Gasteiger partial charge is 0.0202 e. The van der Waals surface area contributed by atoms with Crippen LogP contribution in [-0.4, -0.2) is 13.1 Å². The Labute approximate surface area is 190 Å². The van der Waals surface area contributed by atoms with Gasteiger partial charge in [-0.25, -0.2) is 0 Å². The van der Waals surface area contributed by atoms with Crippen molar-refractivity contribution in [2.45, 2.75) is 90.9 Å². The minimum atomic E-state index is 0.599. The van der Waals surface area contributed by atoms with E-state index in [-0.39, 0.29) is 0 Å². The minimum absolute atomic E-state index is 0.599. The molecule has 0 saturated heterocycles. The van der Waals surface area contributed by atoms with Crippen molar-refractivity contribution in [2.24, 2.45) is 23.2 Å². The van der Waals surface area contributed by atoms with Crippen molar-refractivity contribution in [3.05, 3.63) is 58.2 Å². The summed E-state index contributed by atoms with van der Waals surface area (Å²) in [6, 6.07) is 0. The van der Waals surface area contributed by atoms with Gasteiger partial charge in [0, 0.05) is 18.4 Å². The Balaban J connectivity index is 1.29. The predicted octanol–water partition coefficient (Wildman–Crippen LogP) is 7.83. The van der Waals surface area contributed by atoms with Gasteiger partial charge < -0.3 is 5.32 Å². The van der Waals surface area contributed by atoms with E-state index in [1.54, 1.807) is 22.3 Å². The van der Waals surface area contributed by atoms with Crippen molar-refractivity contribution in [3.8, 4) is 0 Å². The van der Waals surface area contributed by atoms with Crippen LogP contribution in [0.25, 0.3) is 0 Å². The third kappa shape index (κ3) is 4.72. The molecule has 5 rings (SSSR count). The zero-order valence-corrected chi connectivity index (χ0v) is 20.0. The first-order valence-corrected chi connectivity index (χ1v) is 13.4. The average molecular weight is 418 g/mol. The van der Waals surface area contributed by atoms with Crippen LogP contribution in [0.1, 0.15) is 90.9 Å². The van der Waals surface area contributed by atoms with Crippen LogP contribution in [-0.2, 0) is 0 Å². The number of hydrogen-bond acceptors (Lipinski definition) is 1. The van der Waals surface area contributed by atoms with E-state index in [1.807, 2.05) is 0 Å².